The number of benzene rings is 2. The molecule has 0 amide bonds. The van der Waals surface area contributed by atoms with Crippen LogP contribution in [0.2, 0.25) is 0 Å². The maximum Gasteiger partial charge on any atom is 0.165 e. The van der Waals surface area contributed by atoms with Gasteiger partial charge < -0.3 is 9.47 Å². The van der Waals surface area contributed by atoms with Crippen LogP contribution in [0.3, 0.4) is 0 Å². The van der Waals surface area contributed by atoms with Crippen molar-refractivity contribution in [3.05, 3.63) is 59.4 Å². The molecule has 1 heterocycles. The fourth-order valence-electron chi connectivity index (χ4n) is 3.88. The maximum atomic E-state index is 13.1. The highest BCUT2D eigenvalue weighted by molar-refractivity contribution is 5.48. The van der Waals surface area contributed by atoms with Crippen LogP contribution in [0, 0.1) is 11.7 Å². The van der Waals surface area contributed by atoms with E-state index < -0.39 is 0 Å². The summed E-state index contributed by atoms with van der Waals surface area (Å²) in [5.74, 6) is 2.11. The molecule has 0 aromatic heterocycles. The monoisotopic (exact) mass is 357 g/mol. The molecule has 2 aromatic carbocycles. The van der Waals surface area contributed by atoms with E-state index in [1.165, 1.54) is 29.7 Å². The predicted molar refractivity (Wildman–Crippen MR) is 102 cm³/mol. The summed E-state index contributed by atoms with van der Waals surface area (Å²) in [5.41, 5.74) is 2.36. The Hall–Kier alpha value is -2.07. The Morgan fingerprint density at radius 2 is 1.85 bits per heavy atom. The molecule has 0 bridgehead atoms. The summed E-state index contributed by atoms with van der Waals surface area (Å²) >= 11 is 0. The second-order valence-electron chi connectivity index (χ2n) is 7.14. The summed E-state index contributed by atoms with van der Waals surface area (Å²) in [6, 6.07) is 13.3. The van der Waals surface area contributed by atoms with Crippen molar-refractivity contribution in [3.8, 4) is 11.5 Å². The smallest absolute Gasteiger partial charge is 0.165 e. The minimum absolute atomic E-state index is 0.181. The van der Waals surface area contributed by atoms with Crippen LogP contribution in [-0.4, -0.2) is 32.2 Å². The highest BCUT2D eigenvalue weighted by atomic mass is 19.1. The molecule has 1 saturated heterocycles. The zero-order valence-corrected chi connectivity index (χ0v) is 15.9. The molecular formula is C22H28FNO2. The lowest BCUT2D eigenvalue weighted by Gasteiger charge is -2.39. The number of piperidine rings is 1. The standard InChI is InChI=1S/C22H28FNO2/c1-16-11-13-24(14-12-17-7-9-18(23)10-8-17)20(15-16)19-5-4-6-21(25-2)22(19)26-3/h4-10,16,20H,11-15H2,1-3H3. The van der Waals surface area contributed by atoms with E-state index in [0.717, 1.165) is 37.4 Å². The number of hydrogen-bond donors (Lipinski definition) is 0. The van der Waals surface area contributed by atoms with Crippen LogP contribution >= 0.6 is 0 Å². The summed E-state index contributed by atoms with van der Waals surface area (Å²) in [4.78, 5) is 2.53. The molecular weight excluding hydrogens is 329 g/mol. The van der Waals surface area contributed by atoms with Crippen LogP contribution < -0.4 is 9.47 Å². The minimum Gasteiger partial charge on any atom is -0.493 e. The van der Waals surface area contributed by atoms with Gasteiger partial charge in [0, 0.05) is 18.2 Å². The van der Waals surface area contributed by atoms with Gasteiger partial charge in [0.15, 0.2) is 11.5 Å². The molecule has 3 nitrogen and oxygen atoms in total. The van der Waals surface area contributed by atoms with Crippen LogP contribution in [0.5, 0.6) is 11.5 Å². The number of rotatable bonds is 6. The van der Waals surface area contributed by atoms with E-state index >= 15 is 0 Å². The number of para-hydroxylation sites is 1. The highest BCUT2D eigenvalue weighted by Gasteiger charge is 2.30. The third-order valence-corrected chi connectivity index (χ3v) is 5.37. The van der Waals surface area contributed by atoms with E-state index in [1.54, 1.807) is 14.2 Å². The van der Waals surface area contributed by atoms with Gasteiger partial charge in [-0.2, -0.15) is 0 Å². The molecule has 0 spiro atoms. The molecule has 140 valence electrons. The van der Waals surface area contributed by atoms with Crippen molar-refractivity contribution in [1.82, 2.24) is 4.90 Å². The van der Waals surface area contributed by atoms with Gasteiger partial charge in [-0.05, 0) is 55.5 Å². The first-order valence-electron chi connectivity index (χ1n) is 9.31. The van der Waals surface area contributed by atoms with Crippen LogP contribution in [0.4, 0.5) is 4.39 Å². The third-order valence-electron chi connectivity index (χ3n) is 5.37. The summed E-state index contributed by atoms with van der Waals surface area (Å²) in [6.45, 7) is 4.33. The van der Waals surface area contributed by atoms with E-state index in [9.17, 15) is 4.39 Å². The molecule has 3 rings (SSSR count). The fourth-order valence-corrected chi connectivity index (χ4v) is 3.88. The van der Waals surface area contributed by atoms with E-state index in [0.29, 0.717) is 12.0 Å². The molecule has 2 atom stereocenters. The lowest BCUT2D eigenvalue weighted by molar-refractivity contribution is 0.117. The summed E-state index contributed by atoms with van der Waals surface area (Å²) < 4.78 is 24.3. The molecule has 26 heavy (non-hydrogen) atoms. The van der Waals surface area contributed by atoms with Crippen molar-refractivity contribution in [2.75, 3.05) is 27.3 Å². The van der Waals surface area contributed by atoms with Crippen molar-refractivity contribution in [1.29, 1.82) is 0 Å². The van der Waals surface area contributed by atoms with Gasteiger partial charge in [-0.3, -0.25) is 4.90 Å². The molecule has 4 heteroatoms. The Kier molecular flexibility index (Phi) is 6.15. The number of likely N-dealkylation sites (tertiary alicyclic amines) is 1. The molecule has 2 unspecified atom stereocenters. The SMILES string of the molecule is COc1cccc(C2CC(C)CCN2CCc2ccc(F)cc2)c1OC. The van der Waals surface area contributed by atoms with Crippen LogP contribution in [-0.2, 0) is 6.42 Å². The molecule has 1 aliphatic rings. The van der Waals surface area contributed by atoms with Crippen molar-refractivity contribution in [3.63, 3.8) is 0 Å². The van der Waals surface area contributed by atoms with Crippen molar-refractivity contribution < 1.29 is 13.9 Å². The van der Waals surface area contributed by atoms with Gasteiger partial charge >= 0.3 is 0 Å². The van der Waals surface area contributed by atoms with E-state index in [-0.39, 0.29) is 5.82 Å². The number of nitrogens with zero attached hydrogens (tertiary/aromatic N) is 1. The average Bonchev–Trinajstić information content (AvgIpc) is 2.67. The Labute approximate surface area is 155 Å². The van der Waals surface area contributed by atoms with E-state index in [4.69, 9.17) is 9.47 Å². The number of ether oxygens (including phenoxy) is 2. The largest absolute Gasteiger partial charge is 0.493 e. The lowest BCUT2D eigenvalue weighted by Crippen LogP contribution is -2.37. The van der Waals surface area contributed by atoms with Crippen molar-refractivity contribution >= 4 is 0 Å². The first-order chi connectivity index (χ1) is 12.6. The molecule has 0 N–H and O–H groups in total. The summed E-state index contributed by atoms with van der Waals surface area (Å²) in [7, 11) is 3.38. The molecule has 0 radical (unpaired) electrons. The van der Waals surface area contributed by atoms with Gasteiger partial charge in [-0.15, -0.1) is 0 Å². The van der Waals surface area contributed by atoms with Crippen molar-refractivity contribution in [2.45, 2.75) is 32.2 Å². The zero-order chi connectivity index (χ0) is 18.5. The molecule has 1 fully saturated rings. The van der Waals surface area contributed by atoms with Gasteiger partial charge in [0.1, 0.15) is 5.82 Å². The van der Waals surface area contributed by atoms with Gasteiger partial charge in [-0.25, -0.2) is 4.39 Å². The molecule has 0 saturated carbocycles. The maximum absolute atomic E-state index is 13.1. The molecule has 0 aliphatic carbocycles. The van der Waals surface area contributed by atoms with E-state index in [2.05, 4.69) is 17.9 Å². The van der Waals surface area contributed by atoms with Gasteiger partial charge in [0.05, 0.1) is 14.2 Å². The Morgan fingerprint density at radius 3 is 2.54 bits per heavy atom. The first kappa shape index (κ1) is 18.7. The fraction of sp³-hybridized carbons (Fsp3) is 0.455. The topological polar surface area (TPSA) is 21.7 Å². The van der Waals surface area contributed by atoms with Crippen LogP contribution in [0.25, 0.3) is 0 Å². The number of halogens is 1. The lowest BCUT2D eigenvalue weighted by atomic mass is 9.87. The second-order valence-corrected chi connectivity index (χ2v) is 7.14. The molecule has 2 aromatic rings. The zero-order valence-electron chi connectivity index (χ0n) is 15.9. The summed E-state index contributed by atoms with van der Waals surface area (Å²) in [5, 5.41) is 0. The van der Waals surface area contributed by atoms with Gasteiger partial charge in [-0.1, -0.05) is 31.2 Å². The van der Waals surface area contributed by atoms with Gasteiger partial charge in [0.2, 0.25) is 0 Å². The summed E-state index contributed by atoms with van der Waals surface area (Å²) in [6.07, 6.45) is 3.22. The normalized spacial score (nSPS) is 20.8. The Balaban J connectivity index is 1.81. The third kappa shape index (κ3) is 4.18. The minimum atomic E-state index is -0.181. The Bertz CT molecular complexity index is 717. The molecule has 1 aliphatic heterocycles. The highest BCUT2D eigenvalue weighted by Crippen LogP contribution is 2.42. The van der Waals surface area contributed by atoms with Crippen molar-refractivity contribution in [2.24, 2.45) is 5.92 Å². The quantitative estimate of drug-likeness (QED) is 0.737. The van der Waals surface area contributed by atoms with Crippen LogP contribution in [0.15, 0.2) is 42.5 Å². The first-order valence-corrected chi connectivity index (χ1v) is 9.31. The van der Waals surface area contributed by atoms with Crippen LogP contribution in [0.1, 0.15) is 36.9 Å². The Morgan fingerprint density at radius 1 is 1.08 bits per heavy atom. The van der Waals surface area contributed by atoms with Gasteiger partial charge in [0.25, 0.3) is 0 Å². The predicted octanol–water partition coefficient (Wildman–Crippen LogP) is 4.86. The van der Waals surface area contributed by atoms with E-state index in [1.807, 2.05) is 24.3 Å². The number of hydrogen-bond acceptors (Lipinski definition) is 3. The number of methoxy groups -OCH3 is 2. The second kappa shape index (κ2) is 8.54. The average molecular weight is 357 g/mol.